The van der Waals surface area contributed by atoms with Crippen LogP contribution >= 0.6 is 0 Å². The molecular formula is C10H18. The maximum atomic E-state index is 2.42. The third kappa shape index (κ3) is 0.810. The average molecular weight is 138 g/mol. The zero-order valence-electron chi connectivity index (χ0n) is 7.30. The van der Waals surface area contributed by atoms with Crippen LogP contribution in [0.25, 0.3) is 0 Å². The van der Waals surface area contributed by atoms with Gasteiger partial charge in [-0.3, -0.25) is 0 Å². The Kier molecular flexibility index (Phi) is 1.33. The van der Waals surface area contributed by atoms with Gasteiger partial charge < -0.3 is 0 Å². The SMILES string of the molecule is CCC1CC1C1C(C)C1C. The molecule has 0 nitrogen and oxygen atoms in total. The minimum absolute atomic E-state index is 1.06. The van der Waals surface area contributed by atoms with Crippen molar-refractivity contribution >= 4 is 0 Å². The van der Waals surface area contributed by atoms with E-state index < -0.39 is 0 Å². The van der Waals surface area contributed by atoms with Crippen LogP contribution in [0.3, 0.4) is 0 Å². The lowest BCUT2D eigenvalue weighted by molar-refractivity contribution is 0.568. The summed E-state index contributed by atoms with van der Waals surface area (Å²) < 4.78 is 0. The van der Waals surface area contributed by atoms with Crippen LogP contribution in [0.1, 0.15) is 33.6 Å². The molecule has 2 aliphatic carbocycles. The van der Waals surface area contributed by atoms with Gasteiger partial charge in [0.1, 0.15) is 0 Å². The highest BCUT2D eigenvalue weighted by Gasteiger charge is 2.55. The molecule has 0 amide bonds. The second kappa shape index (κ2) is 1.99. The lowest BCUT2D eigenvalue weighted by Crippen LogP contribution is -1.85. The predicted molar refractivity (Wildman–Crippen MR) is 43.7 cm³/mol. The molecule has 10 heavy (non-hydrogen) atoms. The smallest absolute Gasteiger partial charge is 0.0326 e. The van der Waals surface area contributed by atoms with Crippen LogP contribution in [0.4, 0.5) is 0 Å². The highest BCUT2D eigenvalue weighted by atomic mass is 14.6. The van der Waals surface area contributed by atoms with Gasteiger partial charge in [0.25, 0.3) is 0 Å². The van der Waals surface area contributed by atoms with E-state index in [4.69, 9.17) is 0 Å². The highest BCUT2D eigenvalue weighted by molar-refractivity contribution is 5.03. The van der Waals surface area contributed by atoms with Gasteiger partial charge in [-0.1, -0.05) is 27.2 Å². The maximum absolute atomic E-state index is 2.42. The van der Waals surface area contributed by atoms with Gasteiger partial charge in [-0.05, 0) is 36.0 Å². The van der Waals surface area contributed by atoms with Gasteiger partial charge in [0.2, 0.25) is 0 Å². The first-order chi connectivity index (χ1) is 4.75. The molecule has 0 spiro atoms. The largest absolute Gasteiger partial charge is 0.0651 e. The minimum atomic E-state index is 1.06. The molecule has 0 heteroatoms. The Balaban J connectivity index is 1.83. The number of rotatable bonds is 2. The van der Waals surface area contributed by atoms with Crippen molar-refractivity contribution in [2.75, 3.05) is 0 Å². The molecule has 2 saturated carbocycles. The van der Waals surface area contributed by atoms with E-state index in [0.29, 0.717) is 0 Å². The molecule has 2 aliphatic rings. The van der Waals surface area contributed by atoms with Crippen molar-refractivity contribution in [1.29, 1.82) is 0 Å². The fourth-order valence-corrected chi connectivity index (χ4v) is 2.69. The highest BCUT2D eigenvalue weighted by Crippen LogP contribution is 2.61. The van der Waals surface area contributed by atoms with Crippen LogP contribution in [-0.4, -0.2) is 0 Å². The summed E-state index contributed by atoms with van der Waals surface area (Å²) in [5.74, 6) is 5.51. The normalized spacial score (nSPS) is 58.5. The van der Waals surface area contributed by atoms with Crippen molar-refractivity contribution in [2.45, 2.75) is 33.6 Å². The first kappa shape index (κ1) is 6.69. The van der Waals surface area contributed by atoms with E-state index in [1.165, 1.54) is 6.42 Å². The summed E-state index contributed by atoms with van der Waals surface area (Å²) in [6.07, 6.45) is 2.98. The molecule has 0 aliphatic heterocycles. The summed E-state index contributed by atoms with van der Waals surface area (Å²) in [7, 11) is 0. The van der Waals surface area contributed by atoms with Crippen molar-refractivity contribution < 1.29 is 0 Å². The molecule has 0 aromatic rings. The monoisotopic (exact) mass is 138 g/mol. The first-order valence-electron chi connectivity index (χ1n) is 4.75. The Morgan fingerprint density at radius 3 is 2.10 bits per heavy atom. The first-order valence-corrected chi connectivity index (χ1v) is 4.75. The summed E-state index contributed by atoms with van der Waals surface area (Å²) in [5.41, 5.74) is 0. The van der Waals surface area contributed by atoms with E-state index in [1.807, 2.05) is 0 Å². The van der Waals surface area contributed by atoms with E-state index in [0.717, 1.165) is 29.6 Å². The lowest BCUT2D eigenvalue weighted by Gasteiger charge is -1.91. The summed E-state index contributed by atoms with van der Waals surface area (Å²) in [4.78, 5) is 0. The summed E-state index contributed by atoms with van der Waals surface area (Å²) in [6.45, 7) is 7.17. The minimum Gasteiger partial charge on any atom is -0.0651 e. The van der Waals surface area contributed by atoms with Crippen LogP contribution in [0, 0.1) is 29.6 Å². The molecule has 0 radical (unpaired) electrons. The average Bonchev–Trinajstić information content (AvgIpc) is 2.75. The summed E-state index contributed by atoms with van der Waals surface area (Å²) >= 11 is 0. The van der Waals surface area contributed by atoms with E-state index >= 15 is 0 Å². The van der Waals surface area contributed by atoms with Gasteiger partial charge in [-0.25, -0.2) is 0 Å². The van der Waals surface area contributed by atoms with Crippen molar-refractivity contribution in [3.05, 3.63) is 0 Å². The molecule has 58 valence electrons. The van der Waals surface area contributed by atoms with E-state index in [1.54, 1.807) is 6.42 Å². The topological polar surface area (TPSA) is 0 Å². The molecule has 0 aromatic heterocycles. The summed E-state index contributed by atoms with van der Waals surface area (Å²) in [5, 5.41) is 0. The van der Waals surface area contributed by atoms with E-state index in [2.05, 4.69) is 20.8 Å². The fraction of sp³-hybridized carbons (Fsp3) is 1.00. The Bertz CT molecular complexity index is 131. The Labute approximate surface area is 64.0 Å². The van der Waals surface area contributed by atoms with Crippen molar-refractivity contribution in [2.24, 2.45) is 29.6 Å². The Hall–Kier alpha value is 0. The van der Waals surface area contributed by atoms with Crippen LogP contribution in [-0.2, 0) is 0 Å². The zero-order valence-corrected chi connectivity index (χ0v) is 7.30. The molecule has 0 bridgehead atoms. The molecule has 0 N–H and O–H groups in total. The van der Waals surface area contributed by atoms with Crippen LogP contribution in [0.5, 0.6) is 0 Å². The number of hydrogen-bond acceptors (Lipinski definition) is 0. The van der Waals surface area contributed by atoms with E-state index in [9.17, 15) is 0 Å². The molecule has 0 heterocycles. The van der Waals surface area contributed by atoms with Gasteiger partial charge >= 0.3 is 0 Å². The molecule has 0 saturated heterocycles. The third-order valence-electron chi connectivity index (χ3n) is 3.90. The molecule has 4 unspecified atom stereocenters. The summed E-state index contributed by atoms with van der Waals surface area (Å²) in [6, 6.07) is 0. The third-order valence-corrected chi connectivity index (χ3v) is 3.90. The number of hydrogen-bond donors (Lipinski definition) is 0. The van der Waals surface area contributed by atoms with Crippen molar-refractivity contribution in [3.8, 4) is 0 Å². The predicted octanol–water partition coefficient (Wildman–Crippen LogP) is 2.93. The van der Waals surface area contributed by atoms with Gasteiger partial charge in [-0.15, -0.1) is 0 Å². The molecule has 2 fully saturated rings. The van der Waals surface area contributed by atoms with Gasteiger partial charge in [0, 0.05) is 0 Å². The van der Waals surface area contributed by atoms with Crippen LogP contribution in [0.15, 0.2) is 0 Å². The van der Waals surface area contributed by atoms with Crippen molar-refractivity contribution in [3.63, 3.8) is 0 Å². The Morgan fingerprint density at radius 2 is 1.80 bits per heavy atom. The molecule has 0 aromatic carbocycles. The second-order valence-electron chi connectivity index (χ2n) is 4.36. The van der Waals surface area contributed by atoms with Crippen LogP contribution in [0.2, 0.25) is 0 Å². The zero-order chi connectivity index (χ0) is 7.30. The second-order valence-corrected chi connectivity index (χ2v) is 4.36. The van der Waals surface area contributed by atoms with Gasteiger partial charge in [0.15, 0.2) is 0 Å². The van der Waals surface area contributed by atoms with E-state index in [-0.39, 0.29) is 0 Å². The lowest BCUT2D eigenvalue weighted by atomic mass is 10.1. The molecule has 2 rings (SSSR count). The quantitative estimate of drug-likeness (QED) is 0.550. The maximum Gasteiger partial charge on any atom is -0.0326 e. The van der Waals surface area contributed by atoms with Crippen molar-refractivity contribution in [1.82, 2.24) is 0 Å². The Morgan fingerprint density at radius 1 is 1.20 bits per heavy atom. The van der Waals surface area contributed by atoms with Gasteiger partial charge in [-0.2, -0.15) is 0 Å². The fourth-order valence-electron chi connectivity index (χ4n) is 2.69. The standard InChI is InChI=1S/C10H18/c1-4-8-5-9(8)10-6(2)7(10)3/h6-10H,4-5H2,1-3H3. The van der Waals surface area contributed by atoms with Gasteiger partial charge in [0.05, 0.1) is 0 Å². The molecular weight excluding hydrogens is 120 g/mol. The van der Waals surface area contributed by atoms with Crippen LogP contribution < -0.4 is 0 Å². The molecule has 4 atom stereocenters.